The number of likely N-dealkylation sites (N-methyl/N-ethyl adjacent to an activating group) is 1. The molecule has 0 aliphatic carbocycles. The van der Waals surface area contributed by atoms with Crippen LogP contribution in [0.1, 0.15) is 30.8 Å². The minimum Gasteiger partial charge on any atom is -0.334 e. The van der Waals surface area contributed by atoms with Crippen LogP contribution < -0.4 is 5.32 Å². The summed E-state index contributed by atoms with van der Waals surface area (Å²) >= 11 is 0. The molecule has 108 valence electrons. The predicted octanol–water partition coefficient (Wildman–Crippen LogP) is 3.07. The van der Waals surface area contributed by atoms with Gasteiger partial charge in [0, 0.05) is 18.9 Å². The van der Waals surface area contributed by atoms with E-state index < -0.39 is 11.6 Å². The van der Waals surface area contributed by atoms with Crippen LogP contribution in [-0.2, 0) is 13.0 Å². The first-order valence-corrected chi connectivity index (χ1v) is 6.78. The van der Waals surface area contributed by atoms with Crippen LogP contribution in [0.15, 0.2) is 30.6 Å². The summed E-state index contributed by atoms with van der Waals surface area (Å²) in [5, 5.41) is 3.13. The van der Waals surface area contributed by atoms with E-state index in [-0.39, 0.29) is 6.04 Å². The van der Waals surface area contributed by atoms with Crippen molar-refractivity contribution in [1.29, 1.82) is 0 Å². The highest BCUT2D eigenvalue weighted by Crippen LogP contribution is 2.20. The van der Waals surface area contributed by atoms with E-state index in [1.807, 2.05) is 10.8 Å². The minimum atomic E-state index is -0.811. The van der Waals surface area contributed by atoms with Crippen molar-refractivity contribution in [2.24, 2.45) is 0 Å². The van der Waals surface area contributed by atoms with Crippen LogP contribution in [0.5, 0.6) is 0 Å². The van der Waals surface area contributed by atoms with E-state index in [2.05, 4.69) is 17.2 Å². The Kier molecular flexibility index (Phi) is 4.84. The molecule has 0 spiro atoms. The molecule has 0 aliphatic heterocycles. The number of hydrogen-bond donors (Lipinski definition) is 1. The first-order valence-electron chi connectivity index (χ1n) is 6.78. The molecule has 1 unspecified atom stereocenters. The summed E-state index contributed by atoms with van der Waals surface area (Å²) in [6.07, 6.45) is 5.00. The molecule has 5 heteroatoms. The van der Waals surface area contributed by atoms with Gasteiger partial charge in [0.1, 0.15) is 5.82 Å². The van der Waals surface area contributed by atoms with Gasteiger partial charge < -0.3 is 9.88 Å². The number of benzene rings is 1. The second-order valence-electron chi connectivity index (χ2n) is 4.74. The molecule has 1 N–H and O–H groups in total. The van der Waals surface area contributed by atoms with Gasteiger partial charge in [-0.1, -0.05) is 19.1 Å². The van der Waals surface area contributed by atoms with Gasteiger partial charge in [-0.2, -0.15) is 0 Å². The SMILES string of the molecule is CCCn1ccnc1C(Cc1cccc(F)c1F)NC. The molecule has 20 heavy (non-hydrogen) atoms. The third-order valence-electron chi connectivity index (χ3n) is 3.33. The van der Waals surface area contributed by atoms with Gasteiger partial charge in [0.2, 0.25) is 0 Å². The lowest BCUT2D eigenvalue weighted by Crippen LogP contribution is -2.23. The van der Waals surface area contributed by atoms with Crippen molar-refractivity contribution < 1.29 is 8.78 Å². The summed E-state index contributed by atoms with van der Waals surface area (Å²) in [7, 11) is 1.80. The van der Waals surface area contributed by atoms with Crippen molar-refractivity contribution in [2.45, 2.75) is 32.4 Å². The van der Waals surface area contributed by atoms with E-state index in [9.17, 15) is 8.78 Å². The monoisotopic (exact) mass is 279 g/mol. The van der Waals surface area contributed by atoms with E-state index in [0.717, 1.165) is 24.9 Å². The molecular weight excluding hydrogens is 260 g/mol. The van der Waals surface area contributed by atoms with Gasteiger partial charge in [0.15, 0.2) is 11.6 Å². The lowest BCUT2D eigenvalue weighted by Gasteiger charge is -2.18. The Bertz CT molecular complexity index is 566. The van der Waals surface area contributed by atoms with Crippen LogP contribution in [-0.4, -0.2) is 16.6 Å². The van der Waals surface area contributed by atoms with Crippen LogP contribution >= 0.6 is 0 Å². The quantitative estimate of drug-likeness (QED) is 0.880. The third kappa shape index (κ3) is 3.04. The zero-order valence-electron chi connectivity index (χ0n) is 11.7. The molecule has 1 heterocycles. The Labute approximate surface area is 117 Å². The molecule has 1 aromatic heterocycles. The Morgan fingerprint density at radius 1 is 1.35 bits per heavy atom. The van der Waals surface area contributed by atoms with Crippen molar-refractivity contribution in [3.05, 3.63) is 53.6 Å². The van der Waals surface area contributed by atoms with Crippen LogP contribution in [0.4, 0.5) is 8.78 Å². The van der Waals surface area contributed by atoms with E-state index in [1.165, 1.54) is 6.07 Å². The number of aryl methyl sites for hydroxylation is 1. The first kappa shape index (κ1) is 14.7. The van der Waals surface area contributed by atoms with Crippen molar-refractivity contribution >= 4 is 0 Å². The first-order chi connectivity index (χ1) is 9.67. The van der Waals surface area contributed by atoms with Crippen molar-refractivity contribution in [3.8, 4) is 0 Å². The molecule has 1 atom stereocenters. The Morgan fingerprint density at radius 2 is 2.15 bits per heavy atom. The number of imidazole rings is 1. The normalized spacial score (nSPS) is 12.6. The summed E-state index contributed by atoms with van der Waals surface area (Å²) in [4.78, 5) is 4.34. The zero-order chi connectivity index (χ0) is 14.5. The van der Waals surface area contributed by atoms with Crippen LogP contribution in [0.3, 0.4) is 0 Å². The molecule has 0 fully saturated rings. The molecular formula is C15H19F2N3. The molecule has 1 aromatic carbocycles. The fraction of sp³-hybridized carbons (Fsp3) is 0.400. The maximum Gasteiger partial charge on any atom is 0.162 e. The van der Waals surface area contributed by atoms with Gasteiger partial charge in [-0.3, -0.25) is 0 Å². The van der Waals surface area contributed by atoms with E-state index >= 15 is 0 Å². The number of hydrogen-bond acceptors (Lipinski definition) is 2. The van der Waals surface area contributed by atoms with Gasteiger partial charge >= 0.3 is 0 Å². The summed E-state index contributed by atoms with van der Waals surface area (Å²) in [6.45, 7) is 2.95. The molecule has 0 bridgehead atoms. The largest absolute Gasteiger partial charge is 0.334 e. The fourth-order valence-electron chi connectivity index (χ4n) is 2.31. The predicted molar refractivity (Wildman–Crippen MR) is 74.4 cm³/mol. The number of nitrogens with zero attached hydrogens (tertiary/aromatic N) is 2. The van der Waals surface area contributed by atoms with Gasteiger partial charge in [-0.15, -0.1) is 0 Å². The lowest BCUT2D eigenvalue weighted by atomic mass is 10.0. The molecule has 0 amide bonds. The molecule has 0 radical (unpaired) electrons. The number of rotatable bonds is 6. The molecule has 3 nitrogen and oxygen atoms in total. The van der Waals surface area contributed by atoms with E-state index in [4.69, 9.17) is 0 Å². The van der Waals surface area contributed by atoms with Crippen LogP contribution in [0.2, 0.25) is 0 Å². The van der Waals surface area contributed by atoms with Crippen LogP contribution in [0.25, 0.3) is 0 Å². The topological polar surface area (TPSA) is 29.9 Å². The second-order valence-corrected chi connectivity index (χ2v) is 4.74. The molecule has 0 saturated carbocycles. The average Bonchev–Trinajstić information content (AvgIpc) is 2.89. The Balaban J connectivity index is 2.24. The third-order valence-corrected chi connectivity index (χ3v) is 3.33. The number of nitrogens with one attached hydrogen (secondary N) is 1. The van der Waals surface area contributed by atoms with Crippen molar-refractivity contribution in [3.63, 3.8) is 0 Å². The van der Waals surface area contributed by atoms with Crippen LogP contribution in [0, 0.1) is 11.6 Å². The zero-order valence-corrected chi connectivity index (χ0v) is 11.7. The molecule has 0 saturated heterocycles. The summed E-state index contributed by atoms with van der Waals surface area (Å²) < 4.78 is 29.1. The van der Waals surface area contributed by atoms with Gasteiger partial charge in [-0.05, 0) is 31.5 Å². The van der Waals surface area contributed by atoms with Gasteiger partial charge in [0.25, 0.3) is 0 Å². The lowest BCUT2D eigenvalue weighted by molar-refractivity contribution is 0.472. The summed E-state index contributed by atoms with van der Waals surface area (Å²) in [5.41, 5.74) is 0.357. The molecule has 2 aromatic rings. The summed E-state index contributed by atoms with van der Waals surface area (Å²) in [5.74, 6) is -0.742. The van der Waals surface area contributed by atoms with Gasteiger partial charge in [0.05, 0.1) is 6.04 Å². The van der Waals surface area contributed by atoms with E-state index in [1.54, 1.807) is 19.3 Å². The number of halogens is 2. The average molecular weight is 279 g/mol. The minimum absolute atomic E-state index is 0.146. The standard InChI is InChI=1S/C15H19F2N3/c1-3-8-20-9-7-19-15(20)13(18-2)10-11-5-4-6-12(16)14(11)17/h4-7,9,13,18H,3,8,10H2,1-2H3. The smallest absolute Gasteiger partial charge is 0.162 e. The Morgan fingerprint density at radius 3 is 2.85 bits per heavy atom. The maximum absolute atomic E-state index is 13.8. The highest BCUT2D eigenvalue weighted by atomic mass is 19.2. The summed E-state index contributed by atoms with van der Waals surface area (Å²) in [6, 6.07) is 4.12. The van der Waals surface area contributed by atoms with E-state index in [0.29, 0.717) is 12.0 Å². The van der Waals surface area contributed by atoms with Crippen molar-refractivity contribution in [1.82, 2.24) is 14.9 Å². The molecule has 2 rings (SSSR count). The Hall–Kier alpha value is -1.75. The highest BCUT2D eigenvalue weighted by molar-refractivity contribution is 5.21. The fourth-order valence-corrected chi connectivity index (χ4v) is 2.31. The van der Waals surface area contributed by atoms with Crippen molar-refractivity contribution in [2.75, 3.05) is 7.05 Å². The highest BCUT2D eigenvalue weighted by Gasteiger charge is 2.18. The second kappa shape index (κ2) is 6.61. The maximum atomic E-state index is 13.8. The number of aromatic nitrogens is 2. The van der Waals surface area contributed by atoms with Gasteiger partial charge in [-0.25, -0.2) is 13.8 Å². The molecule has 0 aliphatic rings.